The van der Waals surface area contributed by atoms with Crippen LogP contribution in [0.1, 0.15) is 32.1 Å². The minimum Gasteiger partial charge on any atom is -0.481 e. The topological polar surface area (TPSA) is 49.9 Å². The first kappa shape index (κ1) is 17.7. The van der Waals surface area contributed by atoms with Crippen molar-refractivity contribution in [2.75, 3.05) is 32.8 Å². The molecule has 2 aliphatic heterocycles. The van der Waals surface area contributed by atoms with Gasteiger partial charge in [-0.1, -0.05) is 12.1 Å². The van der Waals surface area contributed by atoms with E-state index in [1.54, 1.807) is 17.0 Å². The summed E-state index contributed by atoms with van der Waals surface area (Å²) in [6, 6.07) is 6.05. The van der Waals surface area contributed by atoms with E-state index in [1.807, 2.05) is 4.90 Å². The second kappa shape index (κ2) is 8.32. The van der Waals surface area contributed by atoms with Gasteiger partial charge < -0.3 is 14.5 Å². The zero-order chi connectivity index (χ0) is 17.6. The molecule has 0 atom stereocenters. The minimum atomic E-state index is -0.471. The van der Waals surface area contributed by atoms with Crippen molar-refractivity contribution in [3.8, 4) is 5.75 Å². The van der Waals surface area contributed by atoms with E-state index in [-0.39, 0.29) is 30.1 Å². The summed E-state index contributed by atoms with van der Waals surface area (Å²) >= 11 is 0. The summed E-state index contributed by atoms with van der Waals surface area (Å²) < 4.78 is 18.8. The maximum absolute atomic E-state index is 13.5. The van der Waals surface area contributed by atoms with Gasteiger partial charge in [-0.25, -0.2) is 4.39 Å². The molecule has 0 saturated carbocycles. The Hall–Kier alpha value is -2.11. The summed E-state index contributed by atoms with van der Waals surface area (Å²) in [6.45, 7) is 2.68. The van der Waals surface area contributed by atoms with Gasteiger partial charge in [0.15, 0.2) is 18.2 Å². The molecule has 3 rings (SSSR count). The highest BCUT2D eigenvalue weighted by atomic mass is 19.1. The smallest absolute Gasteiger partial charge is 0.260 e. The molecule has 0 radical (unpaired) electrons. The van der Waals surface area contributed by atoms with Crippen LogP contribution in [-0.2, 0) is 9.59 Å². The molecule has 25 heavy (non-hydrogen) atoms. The molecule has 136 valence electrons. The number of ether oxygens (including phenoxy) is 1. The maximum Gasteiger partial charge on any atom is 0.260 e. The summed E-state index contributed by atoms with van der Waals surface area (Å²) in [5.41, 5.74) is 0. The fourth-order valence-corrected chi connectivity index (χ4v) is 3.54. The van der Waals surface area contributed by atoms with Gasteiger partial charge in [0, 0.05) is 32.1 Å². The number of amides is 2. The lowest BCUT2D eigenvalue weighted by atomic mass is 9.94. The van der Waals surface area contributed by atoms with E-state index in [1.165, 1.54) is 18.6 Å². The molecule has 2 fully saturated rings. The van der Waals surface area contributed by atoms with Crippen LogP contribution in [0.3, 0.4) is 0 Å². The number of benzene rings is 1. The van der Waals surface area contributed by atoms with Crippen LogP contribution in [0, 0.1) is 11.7 Å². The van der Waals surface area contributed by atoms with Crippen LogP contribution >= 0.6 is 0 Å². The molecule has 2 saturated heterocycles. The Balaban J connectivity index is 1.44. The van der Waals surface area contributed by atoms with E-state index in [0.29, 0.717) is 25.9 Å². The number of piperidine rings is 2. The van der Waals surface area contributed by atoms with E-state index in [2.05, 4.69) is 0 Å². The summed E-state index contributed by atoms with van der Waals surface area (Å²) in [5.74, 6) is -0.275. The van der Waals surface area contributed by atoms with Crippen LogP contribution in [0.25, 0.3) is 0 Å². The summed E-state index contributed by atoms with van der Waals surface area (Å²) in [4.78, 5) is 28.5. The highest BCUT2D eigenvalue weighted by molar-refractivity contribution is 5.80. The van der Waals surface area contributed by atoms with Gasteiger partial charge in [0.1, 0.15) is 0 Å². The Labute approximate surface area is 147 Å². The summed E-state index contributed by atoms with van der Waals surface area (Å²) in [5, 5.41) is 0. The number of hydrogen-bond donors (Lipinski definition) is 0. The number of halogens is 1. The van der Waals surface area contributed by atoms with Gasteiger partial charge in [-0.3, -0.25) is 9.59 Å². The van der Waals surface area contributed by atoms with E-state index < -0.39 is 5.82 Å². The number of para-hydroxylation sites is 1. The van der Waals surface area contributed by atoms with Gasteiger partial charge in [0.2, 0.25) is 5.91 Å². The van der Waals surface area contributed by atoms with Crippen molar-refractivity contribution in [1.29, 1.82) is 0 Å². The normalized spacial score (nSPS) is 18.9. The van der Waals surface area contributed by atoms with Crippen molar-refractivity contribution >= 4 is 11.8 Å². The van der Waals surface area contributed by atoms with E-state index >= 15 is 0 Å². The number of carbonyl (C=O) groups is 2. The van der Waals surface area contributed by atoms with Gasteiger partial charge in [0.05, 0.1) is 0 Å². The molecule has 0 unspecified atom stereocenters. The third-order valence-electron chi connectivity index (χ3n) is 5.05. The zero-order valence-electron chi connectivity index (χ0n) is 14.5. The second-order valence-electron chi connectivity index (χ2n) is 6.76. The standard InChI is InChI=1S/C19H25FN2O3/c20-16-6-2-3-7-17(16)25-14-18(23)21-12-8-15(9-13-21)19(24)22-10-4-1-5-11-22/h2-3,6-7,15H,1,4-5,8-14H2. The Kier molecular flexibility index (Phi) is 5.89. The van der Waals surface area contributed by atoms with Crippen LogP contribution in [0.5, 0.6) is 5.75 Å². The fraction of sp³-hybridized carbons (Fsp3) is 0.579. The zero-order valence-corrected chi connectivity index (χ0v) is 14.5. The van der Waals surface area contributed by atoms with Crippen molar-refractivity contribution in [3.63, 3.8) is 0 Å². The van der Waals surface area contributed by atoms with Crippen molar-refractivity contribution in [2.45, 2.75) is 32.1 Å². The Morgan fingerprint density at radius 1 is 1.00 bits per heavy atom. The lowest BCUT2D eigenvalue weighted by molar-refractivity contribution is -0.142. The predicted octanol–water partition coefficient (Wildman–Crippen LogP) is 2.46. The number of likely N-dealkylation sites (tertiary alicyclic amines) is 2. The number of carbonyl (C=O) groups excluding carboxylic acids is 2. The number of hydrogen-bond acceptors (Lipinski definition) is 3. The highest BCUT2D eigenvalue weighted by Gasteiger charge is 2.30. The lowest BCUT2D eigenvalue weighted by Gasteiger charge is -2.35. The van der Waals surface area contributed by atoms with Crippen molar-refractivity contribution in [1.82, 2.24) is 9.80 Å². The van der Waals surface area contributed by atoms with E-state index in [4.69, 9.17) is 4.74 Å². The van der Waals surface area contributed by atoms with Crippen LogP contribution in [0.2, 0.25) is 0 Å². The van der Waals surface area contributed by atoms with Gasteiger partial charge in [-0.15, -0.1) is 0 Å². The molecule has 1 aromatic carbocycles. The molecule has 0 aliphatic carbocycles. The van der Waals surface area contributed by atoms with Crippen molar-refractivity contribution in [3.05, 3.63) is 30.1 Å². The number of rotatable bonds is 4. The van der Waals surface area contributed by atoms with Gasteiger partial charge in [0.25, 0.3) is 5.91 Å². The molecule has 2 aliphatic rings. The molecular formula is C19H25FN2O3. The third-order valence-corrected chi connectivity index (χ3v) is 5.05. The first-order valence-corrected chi connectivity index (χ1v) is 9.09. The first-order chi connectivity index (χ1) is 12.1. The van der Waals surface area contributed by atoms with E-state index in [9.17, 15) is 14.0 Å². The largest absolute Gasteiger partial charge is 0.481 e. The molecular weight excluding hydrogens is 323 g/mol. The number of nitrogens with zero attached hydrogens (tertiary/aromatic N) is 2. The van der Waals surface area contributed by atoms with Gasteiger partial charge in [-0.2, -0.15) is 0 Å². The molecule has 1 aromatic rings. The van der Waals surface area contributed by atoms with Crippen molar-refractivity contribution in [2.24, 2.45) is 5.92 Å². The molecule has 6 heteroatoms. The molecule has 2 amide bonds. The predicted molar refractivity (Wildman–Crippen MR) is 91.6 cm³/mol. The van der Waals surface area contributed by atoms with Crippen molar-refractivity contribution < 1.29 is 18.7 Å². The van der Waals surface area contributed by atoms with Crippen LogP contribution in [0.15, 0.2) is 24.3 Å². The second-order valence-corrected chi connectivity index (χ2v) is 6.76. The molecule has 0 bridgehead atoms. The van der Waals surface area contributed by atoms with E-state index in [0.717, 1.165) is 25.9 Å². The quantitative estimate of drug-likeness (QED) is 0.840. The van der Waals surface area contributed by atoms with Crippen LogP contribution < -0.4 is 4.74 Å². The summed E-state index contributed by atoms with van der Waals surface area (Å²) in [6.07, 6.45) is 4.78. The SMILES string of the molecule is O=C(COc1ccccc1F)N1CCC(C(=O)N2CCCCC2)CC1. The molecule has 2 heterocycles. The molecule has 0 spiro atoms. The highest BCUT2D eigenvalue weighted by Crippen LogP contribution is 2.22. The minimum absolute atomic E-state index is 0.0228. The fourth-order valence-electron chi connectivity index (χ4n) is 3.54. The Morgan fingerprint density at radius 2 is 1.68 bits per heavy atom. The lowest BCUT2D eigenvalue weighted by Crippen LogP contribution is -2.46. The Morgan fingerprint density at radius 3 is 2.36 bits per heavy atom. The molecule has 0 N–H and O–H groups in total. The van der Waals surface area contributed by atoms with Gasteiger partial charge >= 0.3 is 0 Å². The first-order valence-electron chi connectivity index (χ1n) is 9.09. The van der Waals surface area contributed by atoms with Crippen LogP contribution in [0.4, 0.5) is 4.39 Å². The maximum atomic E-state index is 13.5. The summed E-state index contributed by atoms with van der Waals surface area (Å²) in [7, 11) is 0. The average Bonchev–Trinajstić information content (AvgIpc) is 2.67. The average molecular weight is 348 g/mol. The Bertz CT molecular complexity index is 608. The molecule has 0 aromatic heterocycles. The van der Waals surface area contributed by atoms with Gasteiger partial charge in [-0.05, 0) is 44.2 Å². The third kappa shape index (κ3) is 4.50. The molecule has 5 nitrogen and oxygen atoms in total. The monoisotopic (exact) mass is 348 g/mol. The van der Waals surface area contributed by atoms with Crippen LogP contribution in [-0.4, -0.2) is 54.4 Å².